The molecule has 0 radical (unpaired) electrons. The van der Waals surface area contributed by atoms with Crippen molar-refractivity contribution in [1.29, 1.82) is 5.26 Å². The molecule has 0 unspecified atom stereocenters. The highest BCUT2D eigenvalue weighted by atomic mass is 14.9. The van der Waals surface area contributed by atoms with Crippen molar-refractivity contribution in [2.45, 2.75) is 116 Å². The van der Waals surface area contributed by atoms with E-state index in [1.54, 1.807) is 0 Å². The Hall–Kier alpha value is -1.36. The van der Waals surface area contributed by atoms with Gasteiger partial charge >= 0.3 is 0 Å². The normalized spacial score (nSPS) is 10.8. The molecule has 0 amide bonds. The first-order valence-corrected chi connectivity index (χ1v) is 11.3. The zero-order chi connectivity index (χ0) is 18.7. The summed E-state index contributed by atoms with van der Waals surface area (Å²) in [5.41, 5.74) is 0.772. The van der Waals surface area contributed by atoms with E-state index in [4.69, 9.17) is 5.26 Å². The van der Waals surface area contributed by atoms with Crippen LogP contribution in [0.4, 0.5) is 0 Å². The van der Waals surface area contributed by atoms with Gasteiger partial charge in [0.2, 0.25) is 0 Å². The van der Waals surface area contributed by atoms with Crippen LogP contribution in [-0.4, -0.2) is 0 Å². The zero-order valence-electron chi connectivity index (χ0n) is 17.2. The monoisotopic (exact) mass is 357 g/mol. The second-order valence-electron chi connectivity index (χ2n) is 7.69. The Kier molecular flexibility index (Phi) is 14.9. The van der Waals surface area contributed by atoms with Crippen LogP contribution >= 0.6 is 0 Å². The smallest absolute Gasteiger partial charge is 0.190 e. The standard InChI is InChI=1S/C24H41N2/c1-2-3-4-5-6-7-8-9-10-11-12-13-14-15-16-18-21-26-22-19-17-20-24(26)23-25/h17,19-20,22H,2-16,18,21H2,1H3/q+1. The maximum Gasteiger partial charge on any atom is 0.283 e. The average molecular weight is 358 g/mol. The number of hydrogen-bond acceptors (Lipinski definition) is 1. The SMILES string of the molecule is CCCCCCCCCCCCCCCCCC[n+]1ccccc1C#N. The lowest BCUT2D eigenvalue weighted by atomic mass is 10.0. The van der Waals surface area contributed by atoms with Gasteiger partial charge < -0.3 is 0 Å². The van der Waals surface area contributed by atoms with Crippen LogP contribution in [0.5, 0.6) is 0 Å². The summed E-state index contributed by atoms with van der Waals surface area (Å²) in [5.74, 6) is 0. The third kappa shape index (κ3) is 12.1. The van der Waals surface area contributed by atoms with E-state index < -0.39 is 0 Å². The maximum absolute atomic E-state index is 9.08. The molecule has 0 N–H and O–H groups in total. The van der Waals surface area contributed by atoms with Crippen molar-refractivity contribution in [2.75, 3.05) is 0 Å². The first-order chi connectivity index (χ1) is 12.9. The molecule has 0 aromatic carbocycles. The van der Waals surface area contributed by atoms with Crippen LogP contribution in [0.25, 0.3) is 0 Å². The van der Waals surface area contributed by atoms with Crippen LogP contribution < -0.4 is 4.57 Å². The molecule has 0 aliphatic carbocycles. The molecule has 0 bridgehead atoms. The third-order valence-electron chi connectivity index (χ3n) is 5.31. The van der Waals surface area contributed by atoms with Crippen molar-refractivity contribution < 1.29 is 4.57 Å². The fourth-order valence-electron chi connectivity index (χ4n) is 3.60. The molecular weight excluding hydrogens is 316 g/mol. The van der Waals surface area contributed by atoms with Crippen molar-refractivity contribution in [3.05, 3.63) is 30.1 Å². The summed E-state index contributed by atoms with van der Waals surface area (Å²) >= 11 is 0. The van der Waals surface area contributed by atoms with Gasteiger partial charge in [-0.05, 0) is 12.5 Å². The molecule has 26 heavy (non-hydrogen) atoms. The summed E-state index contributed by atoms with van der Waals surface area (Å²) in [6.45, 7) is 3.26. The molecule has 0 atom stereocenters. The Bertz CT molecular complexity index is 475. The lowest BCUT2D eigenvalue weighted by Crippen LogP contribution is -2.36. The number of unbranched alkanes of at least 4 members (excludes halogenated alkanes) is 15. The van der Waals surface area contributed by atoms with Gasteiger partial charge in [-0.25, -0.2) is 0 Å². The largest absolute Gasteiger partial charge is 0.283 e. The summed E-state index contributed by atoms with van der Waals surface area (Å²) in [6.07, 6.45) is 24.4. The number of rotatable bonds is 17. The summed E-state index contributed by atoms with van der Waals surface area (Å²) in [7, 11) is 0. The van der Waals surface area contributed by atoms with Gasteiger partial charge in [0, 0.05) is 18.6 Å². The molecule has 0 aliphatic rings. The lowest BCUT2D eigenvalue weighted by molar-refractivity contribution is -0.699. The van der Waals surface area contributed by atoms with Crippen molar-refractivity contribution in [3.63, 3.8) is 0 Å². The first kappa shape index (κ1) is 22.7. The van der Waals surface area contributed by atoms with Gasteiger partial charge in [-0.1, -0.05) is 96.8 Å². The van der Waals surface area contributed by atoms with E-state index in [2.05, 4.69) is 17.6 Å². The predicted octanol–water partition coefficient (Wildman–Crippen LogP) is 7.11. The highest BCUT2D eigenvalue weighted by Crippen LogP contribution is 2.13. The Morgan fingerprint density at radius 3 is 1.62 bits per heavy atom. The number of hydrogen-bond donors (Lipinski definition) is 0. The lowest BCUT2D eigenvalue weighted by Gasteiger charge is -2.03. The number of nitriles is 1. The number of aryl methyl sites for hydroxylation is 1. The summed E-state index contributed by atoms with van der Waals surface area (Å²) < 4.78 is 2.07. The van der Waals surface area contributed by atoms with Gasteiger partial charge in [0.15, 0.2) is 12.3 Å². The van der Waals surface area contributed by atoms with Crippen LogP contribution in [0.3, 0.4) is 0 Å². The zero-order valence-corrected chi connectivity index (χ0v) is 17.2. The Balaban J connectivity index is 1.81. The molecule has 146 valence electrons. The number of nitrogens with zero attached hydrogens (tertiary/aromatic N) is 2. The molecule has 1 heterocycles. The molecule has 2 heteroatoms. The van der Waals surface area contributed by atoms with Gasteiger partial charge in [-0.3, -0.25) is 0 Å². The molecule has 2 nitrogen and oxygen atoms in total. The van der Waals surface area contributed by atoms with Crippen LogP contribution in [0.15, 0.2) is 24.4 Å². The highest BCUT2D eigenvalue weighted by Gasteiger charge is 2.07. The molecule has 0 fully saturated rings. The van der Waals surface area contributed by atoms with E-state index >= 15 is 0 Å². The molecule has 0 aliphatic heterocycles. The molecule has 1 aromatic heterocycles. The van der Waals surface area contributed by atoms with E-state index in [0.717, 1.165) is 12.2 Å². The minimum absolute atomic E-state index is 0.772. The van der Waals surface area contributed by atoms with Crippen LogP contribution in [0.2, 0.25) is 0 Å². The number of aromatic nitrogens is 1. The van der Waals surface area contributed by atoms with Crippen molar-refractivity contribution >= 4 is 0 Å². The van der Waals surface area contributed by atoms with Crippen LogP contribution in [-0.2, 0) is 6.54 Å². The summed E-state index contributed by atoms with van der Waals surface area (Å²) in [5, 5.41) is 9.08. The van der Waals surface area contributed by atoms with E-state index in [-0.39, 0.29) is 0 Å². The topological polar surface area (TPSA) is 27.7 Å². The van der Waals surface area contributed by atoms with Crippen molar-refractivity contribution in [3.8, 4) is 6.07 Å². The van der Waals surface area contributed by atoms with Crippen molar-refractivity contribution in [1.82, 2.24) is 0 Å². The van der Waals surface area contributed by atoms with Gasteiger partial charge in [0.05, 0.1) is 0 Å². The molecule has 0 saturated carbocycles. The van der Waals surface area contributed by atoms with Gasteiger partial charge in [-0.2, -0.15) is 9.83 Å². The number of pyridine rings is 1. The first-order valence-electron chi connectivity index (χ1n) is 11.3. The van der Waals surface area contributed by atoms with E-state index in [9.17, 15) is 0 Å². The molecule has 1 rings (SSSR count). The highest BCUT2D eigenvalue weighted by molar-refractivity contribution is 5.12. The van der Waals surface area contributed by atoms with Gasteiger partial charge in [0.1, 0.15) is 6.54 Å². The minimum Gasteiger partial charge on any atom is -0.190 e. The Morgan fingerprint density at radius 2 is 1.15 bits per heavy atom. The third-order valence-corrected chi connectivity index (χ3v) is 5.31. The fraction of sp³-hybridized carbons (Fsp3) is 0.750. The second-order valence-corrected chi connectivity index (χ2v) is 7.69. The van der Waals surface area contributed by atoms with Crippen LogP contribution in [0.1, 0.15) is 115 Å². The van der Waals surface area contributed by atoms with Gasteiger partial charge in [-0.15, -0.1) is 0 Å². The average Bonchev–Trinajstić information content (AvgIpc) is 2.68. The molecule has 0 spiro atoms. The summed E-state index contributed by atoms with van der Waals surface area (Å²) in [6, 6.07) is 8.10. The van der Waals surface area contributed by atoms with Crippen LogP contribution in [0, 0.1) is 11.3 Å². The maximum atomic E-state index is 9.08. The molecule has 1 aromatic rings. The Morgan fingerprint density at radius 1 is 0.692 bits per heavy atom. The molecular formula is C24H41N2+. The quantitative estimate of drug-likeness (QED) is 0.216. The van der Waals surface area contributed by atoms with E-state index in [0.29, 0.717) is 0 Å². The van der Waals surface area contributed by atoms with Crippen molar-refractivity contribution in [2.24, 2.45) is 0 Å². The second kappa shape index (κ2) is 17.1. The van der Waals surface area contributed by atoms with Gasteiger partial charge in [0.25, 0.3) is 5.69 Å². The van der Waals surface area contributed by atoms with E-state index in [1.165, 1.54) is 103 Å². The molecule has 0 saturated heterocycles. The minimum atomic E-state index is 0.772. The summed E-state index contributed by atoms with van der Waals surface area (Å²) in [4.78, 5) is 0. The Labute approximate surface area is 162 Å². The predicted molar refractivity (Wildman–Crippen MR) is 111 cm³/mol. The van der Waals surface area contributed by atoms with E-state index in [1.807, 2.05) is 24.4 Å². The fourth-order valence-corrected chi connectivity index (χ4v) is 3.60.